The number of thiazole rings is 1. The third kappa shape index (κ3) is 5.58. The van der Waals surface area contributed by atoms with E-state index in [4.69, 9.17) is 0 Å². The standard InChI is InChI=1S/C23H22F5N5OS/c1-13-8-22(24,25)12-33(17(13)11-31-21-29-9-16(10-30-21)23(26,27)28)20(34)19-18(32-14(2)35-19)15-6-4-3-5-7-15/h3-7,9-10,13,17H,8,11-12H2,1-2H3,(H,29,30,31)/t13-,17?/m1/s1. The lowest BCUT2D eigenvalue weighted by Gasteiger charge is -2.43. The fourth-order valence-electron chi connectivity index (χ4n) is 4.13. The number of amides is 1. The molecule has 1 aliphatic rings. The van der Waals surface area contributed by atoms with Gasteiger partial charge in [0.2, 0.25) is 5.95 Å². The molecule has 0 bridgehead atoms. The number of hydrogen-bond acceptors (Lipinski definition) is 6. The molecule has 12 heteroatoms. The first-order chi connectivity index (χ1) is 16.4. The Bertz CT molecular complexity index is 1180. The highest BCUT2D eigenvalue weighted by molar-refractivity contribution is 7.14. The minimum atomic E-state index is -4.57. The summed E-state index contributed by atoms with van der Waals surface area (Å²) in [7, 11) is 0. The average Bonchev–Trinajstić information content (AvgIpc) is 3.19. The monoisotopic (exact) mass is 511 g/mol. The smallest absolute Gasteiger partial charge is 0.352 e. The van der Waals surface area contributed by atoms with Gasteiger partial charge in [0.15, 0.2) is 0 Å². The Balaban J connectivity index is 1.60. The van der Waals surface area contributed by atoms with Gasteiger partial charge in [0.25, 0.3) is 11.8 Å². The van der Waals surface area contributed by atoms with Gasteiger partial charge >= 0.3 is 6.18 Å². The van der Waals surface area contributed by atoms with Crippen LogP contribution in [0, 0.1) is 12.8 Å². The lowest BCUT2D eigenvalue weighted by Crippen LogP contribution is -2.57. The van der Waals surface area contributed by atoms with Crippen LogP contribution in [-0.4, -0.2) is 50.8 Å². The van der Waals surface area contributed by atoms with Crippen LogP contribution in [0.25, 0.3) is 11.3 Å². The molecule has 3 heterocycles. The molecule has 2 atom stereocenters. The molecule has 0 radical (unpaired) electrons. The minimum absolute atomic E-state index is 0.00714. The van der Waals surface area contributed by atoms with Crippen LogP contribution in [0.2, 0.25) is 0 Å². The van der Waals surface area contributed by atoms with Gasteiger partial charge in [-0.05, 0) is 12.8 Å². The molecule has 1 fully saturated rings. The molecule has 6 nitrogen and oxygen atoms in total. The van der Waals surface area contributed by atoms with E-state index in [2.05, 4.69) is 20.3 Å². The van der Waals surface area contributed by atoms with Crippen molar-refractivity contribution in [3.63, 3.8) is 0 Å². The van der Waals surface area contributed by atoms with Crippen LogP contribution < -0.4 is 5.32 Å². The van der Waals surface area contributed by atoms with E-state index in [1.165, 1.54) is 0 Å². The van der Waals surface area contributed by atoms with Crippen LogP contribution in [0.3, 0.4) is 0 Å². The second kappa shape index (κ2) is 9.48. The van der Waals surface area contributed by atoms with Crippen LogP contribution in [0.4, 0.5) is 27.9 Å². The summed E-state index contributed by atoms with van der Waals surface area (Å²) < 4.78 is 67.4. The van der Waals surface area contributed by atoms with Gasteiger partial charge in [0.05, 0.1) is 28.9 Å². The van der Waals surface area contributed by atoms with E-state index >= 15 is 0 Å². The Labute approximate surface area is 202 Å². The molecular weight excluding hydrogens is 489 g/mol. The van der Waals surface area contributed by atoms with Crippen molar-refractivity contribution in [1.29, 1.82) is 0 Å². The van der Waals surface area contributed by atoms with E-state index in [0.717, 1.165) is 16.2 Å². The summed E-state index contributed by atoms with van der Waals surface area (Å²) in [5, 5.41) is 3.42. The molecule has 35 heavy (non-hydrogen) atoms. The van der Waals surface area contributed by atoms with Crippen molar-refractivity contribution < 1.29 is 26.7 Å². The highest BCUT2D eigenvalue weighted by Gasteiger charge is 2.46. The fourth-order valence-corrected chi connectivity index (χ4v) is 5.03. The van der Waals surface area contributed by atoms with E-state index in [-0.39, 0.29) is 17.4 Å². The maximum absolute atomic E-state index is 14.5. The number of carbonyl (C=O) groups is 1. The normalized spacial score (nSPS) is 20.0. The summed E-state index contributed by atoms with van der Waals surface area (Å²) in [5.41, 5.74) is 0.127. The zero-order valence-corrected chi connectivity index (χ0v) is 19.6. The number of nitrogens with zero attached hydrogens (tertiary/aromatic N) is 4. The number of rotatable bonds is 5. The predicted octanol–water partition coefficient (Wildman–Crippen LogP) is 5.53. The number of nitrogens with one attached hydrogen (secondary N) is 1. The second-order valence-corrected chi connectivity index (χ2v) is 9.69. The van der Waals surface area contributed by atoms with Crippen LogP contribution in [0.5, 0.6) is 0 Å². The highest BCUT2D eigenvalue weighted by atomic mass is 32.1. The number of carbonyl (C=O) groups excluding carboxylic acids is 1. The van der Waals surface area contributed by atoms with Crippen molar-refractivity contribution in [2.45, 2.75) is 38.4 Å². The molecule has 0 aliphatic carbocycles. The van der Waals surface area contributed by atoms with Gasteiger partial charge in [0, 0.05) is 30.9 Å². The number of anilines is 1. The molecule has 1 saturated heterocycles. The molecule has 1 N–H and O–H groups in total. The van der Waals surface area contributed by atoms with E-state index < -0.39 is 48.5 Å². The summed E-state index contributed by atoms with van der Waals surface area (Å²) >= 11 is 1.13. The van der Waals surface area contributed by atoms with Crippen LogP contribution in [-0.2, 0) is 6.18 Å². The zero-order chi connectivity index (χ0) is 25.4. The quantitative estimate of drug-likeness (QED) is 0.457. The summed E-state index contributed by atoms with van der Waals surface area (Å²) in [5.74, 6) is -4.34. The number of benzene rings is 1. The highest BCUT2D eigenvalue weighted by Crippen LogP contribution is 2.37. The molecule has 2 aromatic heterocycles. The van der Waals surface area contributed by atoms with Crippen molar-refractivity contribution >= 4 is 23.2 Å². The van der Waals surface area contributed by atoms with Crippen molar-refractivity contribution in [1.82, 2.24) is 19.9 Å². The molecule has 4 rings (SSSR count). The Morgan fingerprint density at radius 3 is 2.49 bits per heavy atom. The first-order valence-corrected chi connectivity index (χ1v) is 11.6. The molecular formula is C23H22F5N5OS. The van der Waals surface area contributed by atoms with Gasteiger partial charge in [-0.15, -0.1) is 11.3 Å². The molecule has 1 aliphatic heterocycles. The zero-order valence-electron chi connectivity index (χ0n) is 18.8. The fraction of sp³-hybridized carbons (Fsp3) is 0.391. The summed E-state index contributed by atoms with van der Waals surface area (Å²) in [6, 6.07) is 8.33. The van der Waals surface area contributed by atoms with E-state index in [0.29, 0.717) is 28.7 Å². The van der Waals surface area contributed by atoms with Gasteiger partial charge in [-0.3, -0.25) is 4.79 Å². The first kappa shape index (κ1) is 25.0. The predicted molar refractivity (Wildman–Crippen MR) is 121 cm³/mol. The number of piperidine rings is 1. The van der Waals surface area contributed by atoms with Crippen molar-refractivity contribution in [2.75, 3.05) is 18.4 Å². The van der Waals surface area contributed by atoms with Crippen molar-refractivity contribution in [3.8, 4) is 11.3 Å². The molecule has 1 unspecified atom stereocenters. The third-order valence-corrected chi connectivity index (χ3v) is 6.72. The van der Waals surface area contributed by atoms with Gasteiger partial charge in [-0.1, -0.05) is 37.3 Å². The van der Waals surface area contributed by atoms with Gasteiger partial charge in [-0.2, -0.15) is 13.2 Å². The van der Waals surface area contributed by atoms with Crippen molar-refractivity contribution in [2.24, 2.45) is 5.92 Å². The number of alkyl halides is 5. The van der Waals surface area contributed by atoms with Gasteiger partial charge < -0.3 is 10.2 Å². The van der Waals surface area contributed by atoms with Gasteiger partial charge in [-0.25, -0.2) is 23.7 Å². The Morgan fingerprint density at radius 1 is 1.20 bits per heavy atom. The van der Waals surface area contributed by atoms with Crippen molar-refractivity contribution in [3.05, 3.63) is 58.2 Å². The Kier molecular flexibility index (Phi) is 6.76. The number of aromatic nitrogens is 3. The topological polar surface area (TPSA) is 71.0 Å². The molecule has 3 aromatic rings. The average molecular weight is 512 g/mol. The number of halogens is 5. The lowest BCUT2D eigenvalue weighted by molar-refractivity contribution is -0.138. The maximum atomic E-state index is 14.5. The molecule has 186 valence electrons. The molecule has 0 spiro atoms. The molecule has 0 saturated carbocycles. The summed E-state index contributed by atoms with van der Waals surface area (Å²) in [6.07, 6.45) is -3.72. The SMILES string of the molecule is Cc1nc(-c2ccccc2)c(C(=O)N2CC(F)(F)C[C@@H](C)C2CNc2ncc(C(F)(F)F)cn2)s1. The van der Waals surface area contributed by atoms with Gasteiger partial charge in [0.1, 0.15) is 4.88 Å². The second-order valence-electron chi connectivity index (χ2n) is 8.49. The largest absolute Gasteiger partial charge is 0.419 e. The number of hydrogen-bond donors (Lipinski definition) is 1. The van der Waals surface area contributed by atoms with Crippen LogP contribution in [0.1, 0.15) is 33.6 Å². The number of aryl methyl sites for hydroxylation is 1. The minimum Gasteiger partial charge on any atom is -0.352 e. The van der Waals surface area contributed by atoms with Crippen LogP contribution in [0.15, 0.2) is 42.7 Å². The summed E-state index contributed by atoms with van der Waals surface area (Å²) in [4.78, 5) is 26.8. The maximum Gasteiger partial charge on any atom is 0.419 e. The van der Waals surface area contributed by atoms with E-state index in [1.54, 1.807) is 38.1 Å². The summed E-state index contributed by atoms with van der Waals surface area (Å²) in [6.45, 7) is 2.57. The number of likely N-dealkylation sites (tertiary alicyclic amines) is 1. The lowest BCUT2D eigenvalue weighted by atomic mass is 9.88. The first-order valence-electron chi connectivity index (χ1n) is 10.8. The molecule has 1 amide bonds. The van der Waals surface area contributed by atoms with E-state index in [9.17, 15) is 26.7 Å². The molecule has 1 aromatic carbocycles. The third-order valence-electron chi connectivity index (χ3n) is 5.76. The van der Waals surface area contributed by atoms with E-state index in [1.807, 2.05) is 6.07 Å². The Hall–Kier alpha value is -3.15. The Morgan fingerprint density at radius 2 is 1.86 bits per heavy atom. The van der Waals surface area contributed by atoms with Crippen LogP contribution >= 0.6 is 11.3 Å².